The first-order valence-corrected chi connectivity index (χ1v) is 8.05. The third-order valence-electron chi connectivity index (χ3n) is 4.36. The Balaban J connectivity index is 1.77. The Morgan fingerprint density at radius 1 is 1.13 bits per heavy atom. The van der Waals surface area contributed by atoms with E-state index in [1.54, 1.807) is 6.07 Å². The van der Waals surface area contributed by atoms with Crippen LogP contribution in [0, 0.1) is 5.92 Å². The molecule has 0 spiro atoms. The largest absolute Gasteiger partial charge is 0.341 e. The summed E-state index contributed by atoms with van der Waals surface area (Å²) in [5, 5.41) is 4.35. The zero-order valence-corrected chi connectivity index (χ0v) is 13.3. The maximum Gasteiger partial charge on any atom is 0.267 e. The highest BCUT2D eigenvalue weighted by Gasteiger charge is 2.21. The van der Waals surface area contributed by atoms with Gasteiger partial charge in [0.15, 0.2) is 0 Å². The second-order valence-corrected chi connectivity index (χ2v) is 6.14. The zero-order chi connectivity index (χ0) is 16.2. The summed E-state index contributed by atoms with van der Waals surface area (Å²) >= 11 is 0. The van der Waals surface area contributed by atoms with Gasteiger partial charge in [-0.1, -0.05) is 37.3 Å². The van der Waals surface area contributed by atoms with Gasteiger partial charge in [-0.3, -0.25) is 9.59 Å². The Morgan fingerprint density at radius 2 is 1.83 bits per heavy atom. The van der Waals surface area contributed by atoms with Crippen molar-refractivity contribution in [3.05, 3.63) is 52.8 Å². The minimum atomic E-state index is -0.247. The fourth-order valence-corrected chi connectivity index (χ4v) is 2.81. The summed E-state index contributed by atoms with van der Waals surface area (Å²) in [5.74, 6) is 0.637. The van der Waals surface area contributed by atoms with Crippen LogP contribution in [0.4, 0.5) is 0 Å². The number of nitrogens with zero attached hydrogens (tertiary/aromatic N) is 3. The Bertz CT molecular complexity index is 731. The van der Waals surface area contributed by atoms with Gasteiger partial charge in [-0.05, 0) is 24.8 Å². The fourth-order valence-electron chi connectivity index (χ4n) is 2.81. The van der Waals surface area contributed by atoms with E-state index in [1.807, 2.05) is 35.2 Å². The molecule has 1 amide bonds. The van der Waals surface area contributed by atoms with Crippen LogP contribution in [0.2, 0.25) is 0 Å². The maximum atomic E-state index is 12.4. The lowest BCUT2D eigenvalue weighted by atomic mass is 9.99. The lowest BCUT2D eigenvalue weighted by Crippen LogP contribution is -2.41. The minimum absolute atomic E-state index is 0.00783. The van der Waals surface area contributed by atoms with E-state index in [4.69, 9.17) is 0 Å². The van der Waals surface area contributed by atoms with Crippen molar-refractivity contribution in [2.75, 3.05) is 13.1 Å². The quantitative estimate of drug-likeness (QED) is 0.873. The summed E-state index contributed by atoms with van der Waals surface area (Å²) in [6.45, 7) is 3.76. The number of benzene rings is 1. The molecule has 0 aliphatic carbocycles. The average Bonchev–Trinajstić information content (AvgIpc) is 2.58. The topological polar surface area (TPSA) is 55.2 Å². The Labute approximate surface area is 135 Å². The van der Waals surface area contributed by atoms with Crippen molar-refractivity contribution < 1.29 is 4.79 Å². The second-order valence-electron chi connectivity index (χ2n) is 6.14. The van der Waals surface area contributed by atoms with E-state index >= 15 is 0 Å². The number of hydrogen-bond acceptors (Lipinski definition) is 3. The SMILES string of the molecule is CC1CCN(C(=O)Cn2nc(-c3ccccc3)ccc2=O)CC1. The van der Waals surface area contributed by atoms with Gasteiger partial charge in [-0.15, -0.1) is 0 Å². The number of amides is 1. The molecule has 5 heteroatoms. The van der Waals surface area contributed by atoms with Gasteiger partial charge in [0.1, 0.15) is 6.54 Å². The number of piperidine rings is 1. The minimum Gasteiger partial charge on any atom is -0.341 e. The molecule has 5 nitrogen and oxygen atoms in total. The van der Waals surface area contributed by atoms with Gasteiger partial charge in [0.2, 0.25) is 5.91 Å². The van der Waals surface area contributed by atoms with E-state index in [0.29, 0.717) is 11.6 Å². The molecule has 2 aromatic rings. The molecule has 0 saturated carbocycles. The molecule has 23 heavy (non-hydrogen) atoms. The third-order valence-corrected chi connectivity index (χ3v) is 4.36. The first kappa shape index (κ1) is 15.5. The van der Waals surface area contributed by atoms with Crippen molar-refractivity contribution in [1.82, 2.24) is 14.7 Å². The summed E-state index contributed by atoms with van der Waals surface area (Å²) in [4.78, 5) is 26.2. The maximum absolute atomic E-state index is 12.4. The molecular formula is C18H21N3O2. The van der Waals surface area contributed by atoms with Crippen LogP contribution in [0.3, 0.4) is 0 Å². The summed E-state index contributed by atoms with van der Waals surface area (Å²) in [6, 6.07) is 12.8. The lowest BCUT2D eigenvalue weighted by molar-refractivity contribution is -0.133. The molecule has 1 aliphatic rings. The molecule has 0 radical (unpaired) electrons. The molecule has 1 saturated heterocycles. The normalized spacial score (nSPS) is 15.6. The van der Waals surface area contributed by atoms with Crippen molar-refractivity contribution >= 4 is 5.91 Å². The van der Waals surface area contributed by atoms with Crippen molar-refractivity contribution in [1.29, 1.82) is 0 Å². The molecule has 0 N–H and O–H groups in total. The molecule has 120 valence electrons. The highest BCUT2D eigenvalue weighted by molar-refractivity contribution is 5.76. The highest BCUT2D eigenvalue weighted by Crippen LogP contribution is 2.17. The van der Waals surface area contributed by atoms with Crippen LogP contribution in [0.5, 0.6) is 0 Å². The van der Waals surface area contributed by atoms with Gasteiger partial charge in [0.25, 0.3) is 5.56 Å². The van der Waals surface area contributed by atoms with Crippen molar-refractivity contribution in [3.8, 4) is 11.3 Å². The summed E-state index contributed by atoms with van der Waals surface area (Å²) in [7, 11) is 0. The van der Waals surface area contributed by atoms with E-state index in [0.717, 1.165) is 31.5 Å². The first-order chi connectivity index (χ1) is 11.1. The van der Waals surface area contributed by atoms with E-state index in [1.165, 1.54) is 10.7 Å². The third kappa shape index (κ3) is 3.67. The number of carbonyl (C=O) groups is 1. The lowest BCUT2D eigenvalue weighted by Gasteiger charge is -2.30. The smallest absolute Gasteiger partial charge is 0.267 e. The van der Waals surface area contributed by atoms with Crippen LogP contribution in [0.25, 0.3) is 11.3 Å². The zero-order valence-electron chi connectivity index (χ0n) is 13.3. The van der Waals surface area contributed by atoms with E-state index in [-0.39, 0.29) is 18.0 Å². The average molecular weight is 311 g/mol. The van der Waals surface area contributed by atoms with Crippen LogP contribution in [-0.4, -0.2) is 33.7 Å². The van der Waals surface area contributed by atoms with E-state index < -0.39 is 0 Å². The van der Waals surface area contributed by atoms with Crippen LogP contribution >= 0.6 is 0 Å². The molecule has 2 heterocycles. The Kier molecular flexibility index (Phi) is 4.55. The molecule has 0 unspecified atom stereocenters. The van der Waals surface area contributed by atoms with Crippen LogP contribution < -0.4 is 5.56 Å². The molecule has 1 fully saturated rings. The number of likely N-dealkylation sites (tertiary alicyclic amines) is 1. The van der Waals surface area contributed by atoms with E-state index in [9.17, 15) is 9.59 Å². The number of rotatable bonds is 3. The first-order valence-electron chi connectivity index (χ1n) is 8.05. The van der Waals surface area contributed by atoms with Gasteiger partial charge >= 0.3 is 0 Å². The van der Waals surface area contributed by atoms with Crippen molar-refractivity contribution in [2.45, 2.75) is 26.3 Å². The van der Waals surface area contributed by atoms with Gasteiger partial charge in [-0.2, -0.15) is 5.10 Å². The van der Waals surface area contributed by atoms with Gasteiger partial charge in [0, 0.05) is 24.7 Å². The monoisotopic (exact) mass is 311 g/mol. The second kappa shape index (κ2) is 6.77. The van der Waals surface area contributed by atoms with Crippen LogP contribution in [0.1, 0.15) is 19.8 Å². The molecule has 0 atom stereocenters. The Morgan fingerprint density at radius 3 is 2.52 bits per heavy atom. The Hall–Kier alpha value is -2.43. The molecule has 3 rings (SSSR count). The van der Waals surface area contributed by atoms with E-state index in [2.05, 4.69) is 12.0 Å². The standard InChI is InChI=1S/C18H21N3O2/c1-14-9-11-20(12-10-14)18(23)13-21-17(22)8-7-16(19-21)15-5-3-2-4-6-15/h2-8,14H,9-13H2,1H3. The van der Waals surface area contributed by atoms with Crippen molar-refractivity contribution in [3.63, 3.8) is 0 Å². The summed E-state index contributed by atoms with van der Waals surface area (Å²) < 4.78 is 1.27. The molecule has 1 aromatic carbocycles. The number of carbonyl (C=O) groups excluding carboxylic acids is 1. The predicted molar refractivity (Wildman–Crippen MR) is 88.9 cm³/mol. The van der Waals surface area contributed by atoms with Crippen molar-refractivity contribution in [2.24, 2.45) is 5.92 Å². The highest BCUT2D eigenvalue weighted by atomic mass is 16.2. The number of aromatic nitrogens is 2. The van der Waals surface area contributed by atoms with Gasteiger partial charge in [0.05, 0.1) is 5.69 Å². The number of hydrogen-bond donors (Lipinski definition) is 0. The fraction of sp³-hybridized carbons (Fsp3) is 0.389. The summed E-state index contributed by atoms with van der Waals surface area (Å²) in [6.07, 6.45) is 2.05. The molecule has 1 aliphatic heterocycles. The van der Waals surface area contributed by atoms with Crippen LogP contribution in [0.15, 0.2) is 47.3 Å². The summed E-state index contributed by atoms with van der Waals surface area (Å²) in [5.41, 5.74) is 1.38. The molecule has 1 aromatic heterocycles. The van der Waals surface area contributed by atoms with Gasteiger partial charge < -0.3 is 4.90 Å². The molecular weight excluding hydrogens is 290 g/mol. The van der Waals surface area contributed by atoms with Gasteiger partial charge in [-0.25, -0.2) is 4.68 Å². The molecule has 0 bridgehead atoms. The predicted octanol–water partition coefficient (Wildman–Crippen LogP) is 2.17. The van der Waals surface area contributed by atoms with Crippen LogP contribution in [-0.2, 0) is 11.3 Å².